The molecule has 0 aliphatic heterocycles. The monoisotopic (exact) mass is 351 g/mol. The van der Waals surface area contributed by atoms with Crippen LogP contribution in [0.4, 0.5) is 4.79 Å². The number of allylic oxidation sites excluding steroid dienone is 2. The van der Waals surface area contributed by atoms with Crippen LogP contribution >= 0.6 is 11.3 Å². The molecule has 1 aliphatic rings. The van der Waals surface area contributed by atoms with Crippen LogP contribution in [0.1, 0.15) is 52.4 Å². The second-order valence-electron chi connectivity index (χ2n) is 6.55. The van der Waals surface area contributed by atoms with Crippen molar-refractivity contribution in [3.05, 3.63) is 27.4 Å². The molecular weight excluding hydrogens is 330 g/mol. The van der Waals surface area contributed by atoms with Crippen LogP contribution in [0.5, 0.6) is 0 Å². The van der Waals surface area contributed by atoms with Crippen molar-refractivity contribution >= 4 is 29.0 Å². The maximum Gasteiger partial charge on any atom is 0.407 e. The Bertz CT molecular complexity index is 715. The largest absolute Gasteiger partial charge is 0.465 e. The van der Waals surface area contributed by atoms with Crippen molar-refractivity contribution in [1.29, 1.82) is 0 Å². The van der Waals surface area contributed by atoms with Gasteiger partial charge in [-0.3, -0.25) is 9.59 Å². The molecule has 0 saturated heterocycles. The molecule has 0 bridgehead atoms. The fraction of sp³-hybridized carbons (Fsp3) is 0.500. The van der Waals surface area contributed by atoms with E-state index in [1.807, 2.05) is 20.8 Å². The van der Waals surface area contributed by atoms with Crippen molar-refractivity contribution in [2.45, 2.75) is 39.7 Å². The second-order valence-corrected chi connectivity index (χ2v) is 7.75. The molecule has 1 heterocycles. The van der Waals surface area contributed by atoms with Crippen molar-refractivity contribution < 1.29 is 19.5 Å². The van der Waals surface area contributed by atoms with Crippen molar-refractivity contribution in [2.24, 2.45) is 0 Å². The molecule has 24 heavy (non-hydrogen) atoms. The first-order chi connectivity index (χ1) is 11.1. The Kier molecular flexibility index (Phi) is 5.08. The predicted octanol–water partition coefficient (Wildman–Crippen LogP) is 2.47. The van der Waals surface area contributed by atoms with Gasteiger partial charge in [-0.15, -0.1) is 11.3 Å². The SMILES string of the molecule is Cc1nc2c(s1)C(=O)C=C(NCCCN(C(=O)O)C(C)(C)C)C2=O. The van der Waals surface area contributed by atoms with Gasteiger partial charge in [0.25, 0.3) is 0 Å². The molecule has 1 aliphatic carbocycles. The van der Waals surface area contributed by atoms with Crippen LogP contribution in [0, 0.1) is 6.92 Å². The Morgan fingerprint density at radius 1 is 1.38 bits per heavy atom. The lowest BCUT2D eigenvalue weighted by Crippen LogP contribution is -2.46. The lowest BCUT2D eigenvalue weighted by molar-refractivity contribution is 0.0968. The van der Waals surface area contributed by atoms with E-state index in [4.69, 9.17) is 0 Å². The number of rotatable bonds is 5. The average molecular weight is 351 g/mol. The van der Waals surface area contributed by atoms with E-state index in [9.17, 15) is 19.5 Å². The fourth-order valence-corrected chi connectivity index (χ4v) is 3.27. The number of aromatic nitrogens is 1. The Morgan fingerprint density at radius 3 is 2.62 bits per heavy atom. The van der Waals surface area contributed by atoms with Gasteiger partial charge in [0.05, 0.1) is 10.7 Å². The molecule has 0 atom stereocenters. The first-order valence-corrected chi connectivity index (χ1v) is 8.45. The average Bonchev–Trinajstić information content (AvgIpc) is 2.84. The van der Waals surface area contributed by atoms with Gasteiger partial charge in [-0.1, -0.05) is 0 Å². The molecule has 0 unspecified atom stereocenters. The fourth-order valence-electron chi connectivity index (χ4n) is 2.45. The summed E-state index contributed by atoms with van der Waals surface area (Å²) in [4.78, 5) is 41.5. The summed E-state index contributed by atoms with van der Waals surface area (Å²) in [6, 6.07) is 0. The summed E-state index contributed by atoms with van der Waals surface area (Å²) in [6.07, 6.45) is 0.833. The smallest absolute Gasteiger partial charge is 0.407 e. The lowest BCUT2D eigenvalue weighted by atomic mass is 10.0. The van der Waals surface area contributed by atoms with Crippen molar-refractivity contribution in [1.82, 2.24) is 15.2 Å². The number of aryl methyl sites for hydroxylation is 1. The van der Waals surface area contributed by atoms with Gasteiger partial charge in [0.1, 0.15) is 10.6 Å². The van der Waals surface area contributed by atoms with E-state index in [0.717, 1.165) is 0 Å². The highest BCUT2D eigenvalue weighted by Crippen LogP contribution is 2.25. The number of Topliss-reactive ketones (excluding diaryl/α,β-unsaturated/α-hetero) is 1. The third-order valence-corrected chi connectivity index (χ3v) is 4.59. The van der Waals surface area contributed by atoms with E-state index >= 15 is 0 Å². The molecule has 0 spiro atoms. The predicted molar refractivity (Wildman–Crippen MR) is 90.7 cm³/mol. The Morgan fingerprint density at radius 2 is 2.04 bits per heavy atom. The normalized spacial score (nSPS) is 14.2. The number of ketones is 2. The first kappa shape index (κ1) is 18.1. The van der Waals surface area contributed by atoms with Crippen molar-refractivity contribution in [2.75, 3.05) is 13.1 Å². The summed E-state index contributed by atoms with van der Waals surface area (Å²) in [5.41, 5.74) is -0.0702. The summed E-state index contributed by atoms with van der Waals surface area (Å²) >= 11 is 1.22. The highest BCUT2D eigenvalue weighted by molar-refractivity contribution is 7.14. The van der Waals surface area contributed by atoms with Crippen LogP contribution in [-0.4, -0.2) is 51.3 Å². The zero-order valence-corrected chi connectivity index (χ0v) is 15.0. The number of fused-ring (bicyclic) bond motifs is 1. The van der Waals surface area contributed by atoms with Crippen molar-refractivity contribution in [3.63, 3.8) is 0 Å². The number of carboxylic acid groups (broad SMARTS) is 1. The Hall–Kier alpha value is -2.22. The molecule has 0 radical (unpaired) electrons. The summed E-state index contributed by atoms with van der Waals surface area (Å²) in [5.74, 6) is -0.514. The molecule has 0 fully saturated rings. The third kappa shape index (κ3) is 3.81. The maximum absolute atomic E-state index is 12.3. The molecule has 0 saturated carbocycles. The van der Waals surface area contributed by atoms with Gasteiger partial charge in [0, 0.05) is 24.7 Å². The summed E-state index contributed by atoms with van der Waals surface area (Å²) in [6.45, 7) is 7.96. The van der Waals surface area contributed by atoms with E-state index in [2.05, 4.69) is 10.3 Å². The topological polar surface area (TPSA) is 99.6 Å². The van der Waals surface area contributed by atoms with Gasteiger partial charge in [0.2, 0.25) is 5.78 Å². The molecule has 7 nitrogen and oxygen atoms in total. The Labute approximate surface area is 144 Å². The second kappa shape index (κ2) is 6.72. The molecule has 130 valence electrons. The van der Waals surface area contributed by atoms with E-state index in [1.54, 1.807) is 6.92 Å². The number of amides is 1. The maximum atomic E-state index is 12.3. The molecule has 8 heteroatoms. The van der Waals surface area contributed by atoms with Gasteiger partial charge in [-0.05, 0) is 34.1 Å². The highest BCUT2D eigenvalue weighted by Gasteiger charge is 2.29. The minimum atomic E-state index is -0.978. The van der Waals surface area contributed by atoms with Crippen LogP contribution in [-0.2, 0) is 0 Å². The number of hydrogen-bond acceptors (Lipinski definition) is 6. The number of carbonyl (C=O) groups excluding carboxylic acids is 2. The number of nitrogens with zero attached hydrogens (tertiary/aromatic N) is 2. The third-order valence-electron chi connectivity index (χ3n) is 3.61. The zero-order chi connectivity index (χ0) is 18.1. The van der Waals surface area contributed by atoms with Crippen LogP contribution in [0.2, 0.25) is 0 Å². The van der Waals surface area contributed by atoms with Gasteiger partial charge in [-0.25, -0.2) is 9.78 Å². The lowest BCUT2D eigenvalue weighted by Gasteiger charge is -2.33. The van der Waals surface area contributed by atoms with Gasteiger partial charge < -0.3 is 15.3 Å². The van der Waals surface area contributed by atoms with Gasteiger partial charge >= 0.3 is 6.09 Å². The zero-order valence-electron chi connectivity index (χ0n) is 14.2. The summed E-state index contributed by atoms with van der Waals surface area (Å²) < 4.78 is 0. The standard InChI is InChI=1S/C16H21N3O4S/c1-9-18-12-13(21)10(8-11(20)14(12)24-9)17-6-5-7-19(15(22)23)16(2,3)4/h8,17H,5-7H2,1-4H3,(H,22,23). The van der Waals surface area contributed by atoms with E-state index in [0.29, 0.717) is 29.4 Å². The summed E-state index contributed by atoms with van der Waals surface area (Å²) in [7, 11) is 0. The van der Waals surface area contributed by atoms with Gasteiger partial charge in [-0.2, -0.15) is 0 Å². The highest BCUT2D eigenvalue weighted by atomic mass is 32.1. The molecule has 1 amide bonds. The van der Waals surface area contributed by atoms with Crippen LogP contribution in [0.15, 0.2) is 11.8 Å². The number of thiazole rings is 1. The molecular formula is C16H21N3O4S. The molecule has 1 aromatic heterocycles. The Balaban J connectivity index is 1.95. The van der Waals surface area contributed by atoms with Gasteiger partial charge in [0.15, 0.2) is 5.78 Å². The van der Waals surface area contributed by atoms with Crippen molar-refractivity contribution in [3.8, 4) is 0 Å². The van der Waals surface area contributed by atoms with Crippen LogP contribution in [0.3, 0.4) is 0 Å². The first-order valence-electron chi connectivity index (χ1n) is 7.64. The minimum absolute atomic E-state index is 0.203. The molecule has 0 aromatic carbocycles. The van der Waals surface area contributed by atoms with E-state index in [-0.39, 0.29) is 23.0 Å². The summed E-state index contributed by atoms with van der Waals surface area (Å²) in [5, 5.41) is 12.8. The van der Waals surface area contributed by atoms with Crippen LogP contribution in [0.25, 0.3) is 0 Å². The molecule has 2 N–H and O–H groups in total. The number of nitrogens with one attached hydrogen (secondary N) is 1. The number of hydrogen-bond donors (Lipinski definition) is 2. The minimum Gasteiger partial charge on any atom is -0.465 e. The molecule has 2 rings (SSSR count). The van der Waals surface area contributed by atoms with E-state index < -0.39 is 11.6 Å². The van der Waals surface area contributed by atoms with E-state index in [1.165, 1.54) is 22.3 Å². The quantitative estimate of drug-likeness (QED) is 0.791. The number of carbonyl (C=O) groups is 3. The van der Waals surface area contributed by atoms with Crippen LogP contribution < -0.4 is 5.32 Å². The molecule has 1 aromatic rings.